The van der Waals surface area contributed by atoms with Crippen molar-refractivity contribution >= 4 is 39.1 Å². The number of aromatic nitrogens is 3. The van der Waals surface area contributed by atoms with Crippen molar-refractivity contribution in [3.05, 3.63) is 28.7 Å². The van der Waals surface area contributed by atoms with Gasteiger partial charge < -0.3 is 9.84 Å². The average molecular weight is 307 g/mol. The molecule has 8 heteroatoms. The van der Waals surface area contributed by atoms with Gasteiger partial charge in [-0.25, -0.2) is 20.8 Å². The number of fused-ring (bicyclic) bond motifs is 1. The number of anilines is 1. The summed E-state index contributed by atoms with van der Waals surface area (Å²) in [5.41, 5.74) is 3.84. The van der Waals surface area contributed by atoms with Gasteiger partial charge in [0.2, 0.25) is 0 Å². The van der Waals surface area contributed by atoms with E-state index in [4.69, 9.17) is 10.3 Å². The molecule has 0 aliphatic rings. The van der Waals surface area contributed by atoms with Crippen LogP contribution in [0, 0.1) is 13.8 Å². The lowest BCUT2D eigenvalue weighted by Crippen LogP contribution is -2.10. The van der Waals surface area contributed by atoms with Crippen LogP contribution < -0.4 is 11.3 Å². The summed E-state index contributed by atoms with van der Waals surface area (Å²) in [5.74, 6) is 7.53. The number of aryl methyl sites for hydroxylation is 2. The molecule has 0 atom stereocenters. The predicted molar refractivity (Wildman–Crippen MR) is 80.8 cm³/mol. The Labute approximate surface area is 123 Å². The van der Waals surface area contributed by atoms with Gasteiger partial charge in [0.1, 0.15) is 16.9 Å². The number of thiophene rings is 1. The molecule has 0 aliphatic carbocycles. The number of nitrogen functional groups attached to an aromatic ring is 1. The normalized spacial score (nSPS) is 11.2. The van der Waals surface area contributed by atoms with Gasteiger partial charge in [-0.15, -0.1) is 11.3 Å². The molecule has 0 radical (unpaired) electrons. The molecule has 3 rings (SSSR count). The number of oxazole rings is 1. The predicted octanol–water partition coefficient (Wildman–Crippen LogP) is 2.87. The smallest absolute Gasteiger partial charge is 0.255 e. The summed E-state index contributed by atoms with van der Waals surface area (Å²) in [7, 11) is 0. The Kier molecular flexibility index (Phi) is 3.60. The standard InChI is InChI=1S/C12H13N5OS2/c1-6-7(2)20-11-9(6)10(17-13)15-8(16-11)5-19-12-14-3-4-18-12/h3-4H,5,13H2,1-2H3,(H,15,16,17). The molecule has 0 saturated heterocycles. The van der Waals surface area contributed by atoms with Gasteiger partial charge in [0.05, 0.1) is 17.3 Å². The minimum atomic E-state index is 0.584. The molecule has 0 aromatic carbocycles. The molecular formula is C12H13N5OS2. The molecule has 3 aromatic rings. The van der Waals surface area contributed by atoms with Crippen LogP contribution in [0.1, 0.15) is 16.3 Å². The van der Waals surface area contributed by atoms with Crippen molar-refractivity contribution in [2.24, 2.45) is 5.84 Å². The van der Waals surface area contributed by atoms with Crippen LogP contribution in [0.5, 0.6) is 0 Å². The van der Waals surface area contributed by atoms with E-state index in [1.54, 1.807) is 23.8 Å². The number of nitrogens with two attached hydrogens (primary N) is 1. The summed E-state index contributed by atoms with van der Waals surface area (Å²) in [4.78, 5) is 15.3. The minimum Gasteiger partial charge on any atom is -0.440 e. The minimum absolute atomic E-state index is 0.584. The van der Waals surface area contributed by atoms with Gasteiger partial charge in [-0.1, -0.05) is 11.8 Å². The quantitative estimate of drug-likeness (QED) is 0.435. The van der Waals surface area contributed by atoms with E-state index in [1.807, 2.05) is 0 Å². The van der Waals surface area contributed by atoms with Gasteiger partial charge in [-0.3, -0.25) is 0 Å². The fourth-order valence-electron chi connectivity index (χ4n) is 1.87. The zero-order valence-corrected chi connectivity index (χ0v) is 12.6. The lowest BCUT2D eigenvalue weighted by molar-refractivity contribution is 0.454. The highest BCUT2D eigenvalue weighted by atomic mass is 32.2. The molecular weight excluding hydrogens is 294 g/mol. The summed E-state index contributed by atoms with van der Waals surface area (Å²) in [6.07, 6.45) is 3.16. The molecule has 0 bridgehead atoms. The van der Waals surface area contributed by atoms with Gasteiger partial charge in [-0.2, -0.15) is 0 Å². The lowest BCUT2D eigenvalue weighted by atomic mass is 10.2. The Morgan fingerprint density at radius 2 is 2.25 bits per heavy atom. The fraction of sp³-hybridized carbons (Fsp3) is 0.250. The zero-order chi connectivity index (χ0) is 14.1. The average Bonchev–Trinajstić information content (AvgIpc) is 3.05. The SMILES string of the molecule is Cc1sc2nc(CSc3ncco3)nc(NN)c2c1C. The summed E-state index contributed by atoms with van der Waals surface area (Å²) in [6.45, 7) is 4.13. The van der Waals surface area contributed by atoms with E-state index in [2.05, 4.69) is 34.2 Å². The highest BCUT2D eigenvalue weighted by Crippen LogP contribution is 2.33. The van der Waals surface area contributed by atoms with Crippen LogP contribution in [0.2, 0.25) is 0 Å². The monoisotopic (exact) mass is 307 g/mol. The molecule has 3 N–H and O–H groups in total. The van der Waals surface area contributed by atoms with Crippen molar-refractivity contribution in [2.75, 3.05) is 5.43 Å². The molecule has 104 valence electrons. The van der Waals surface area contributed by atoms with Gasteiger partial charge in [0.15, 0.2) is 5.82 Å². The van der Waals surface area contributed by atoms with Crippen LogP contribution in [-0.4, -0.2) is 15.0 Å². The van der Waals surface area contributed by atoms with Crippen molar-refractivity contribution in [1.82, 2.24) is 15.0 Å². The Morgan fingerprint density at radius 1 is 1.40 bits per heavy atom. The largest absolute Gasteiger partial charge is 0.440 e. The summed E-state index contributed by atoms with van der Waals surface area (Å²) in [6, 6.07) is 0. The van der Waals surface area contributed by atoms with Crippen molar-refractivity contribution in [3.8, 4) is 0 Å². The molecule has 3 aromatic heterocycles. The number of hydrogen-bond donors (Lipinski definition) is 2. The maximum Gasteiger partial charge on any atom is 0.255 e. The highest BCUT2D eigenvalue weighted by molar-refractivity contribution is 7.98. The van der Waals surface area contributed by atoms with Crippen LogP contribution in [0.25, 0.3) is 10.2 Å². The first-order valence-corrected chi connectivity index (χ1v) is 7.74. The third-order valence-corrected chi connectivity index (χ3v) is 4.90. The topological polar surface area (TPSA) is 89.9 Å². The number of hydrazine groups is 1. The maximum atomic E-state index is 5.58. The first kappa shape index (κ1) is 13.3. The number of rotatable bonds is 4. The fourth-order valence-corrected chi connectivity index (χ4v) is 3.56. The first-order chi connectivity index (χ1) is 9.69. The summed E-state index contributed by atoms with van der Waals surface area (Å²) >= 11 is 3.10. The van der Waals surface area contributed by atoms with Crippen molar-refractivity contribution in [2.45, 2.75) is 24.8 Å². The molecule has 0 aliphatic heterocycles. The van der Waals surface area contributed by atoms with Crippen molar-refractivity contribution in [3.63, 3.8) is 0 Å². The second kappa shape index (κ2) is 5.39. The molecule has 0 saturated carbocycles. The second-order valence-corrected chi connectivity index (χ2v) is 6.31. The van der Waals surface area contributed by atoms with Gasteiger partial charge in [0, 0.05) is 4.88 Å². The van der Waals surface area contributed by atoms with Gasteiger partial charge in [-0.05, 0) is 19.4 Å². The van der Waals surface area contributed by atoms with Crippen LogP contribution in [0.3, 0.4) is 0 Å². The van der Waals surface area contributed by atoms with E-state index >= 15 is 0 Å². The highest BCUT2D eigenvalue weighted by Gasteiger charge is 2.14. The Hall–Kier alpha value is -1.64. The van der Waals surface area contributed by atoms with E-state index in [-0.39, 0.29) is 0 Å². The van der Waals surface area contributed by atoms with Crippen LogP contribution in [-0.2, 0) is 5.75 Å². The lowest BCUT2D eigenvalue weighted by Gasteiger charge is -2.05. The maximum absolute atomic E-state index is 5.58. The third kappa shape index (κ3) is 2.37. The Bertz CT molecular complexity index is 738. The zero-order valence-electron chi connectivity index (χ0n) is 11.0. The number of hydrogen-bond acceptors (Lipinski definition) is 8. The number of nitrogens with one attached hydrogen (secondary N) is 1. The molecule has 0 spiro atoms. The van der Waals surface area contributed by atoms with E-state index in [0.717, 1.165) is 10.2 Å². The van der Waals surface area contributed by atoms with Crippen LogP contribution in [0.15, 0.2) is 22.1 Å². The number of nitrogens with zero attached hydrogens (tertiary/aromatic N) is 3. The second-order valence-electron chi connectivity index (χ2n) is 4.18. The summed E-state index contributed by atoms with van der Waals surface area (Å²) < 4.78 is 5.18. The molecule has 0 fully saturated rings. The third-order valence-electron chi connectivity index (χ3n) is 2.95. The molecule has 20 heavy (non-hydrogen) atoms. The van der Waals surface area contributed by atoms with E-state index in [0.29, 0.717) is 22.6 Å². The molecule has 0 amide bonds. The van der Waals surface area contributed by atoms with E-state index in [1.165, 1.54) is 22.2 Å². The Morgan fingerprint density at radius 3 is 2.95 bits per heavy atom. The molecule has 0 unspecified atom stereocenters. The molecule has 3 heterocycles. The van der Waals surface area contributed by atoms with Crippen molar-refractivity contribution in [1.29, 1.82) is 0 Å². The van der Waals surface area contributed by atoms with E-state index in [9.17, 15) is 0 Å². The van der Waals surface area contributed by atoms with E-state index < -0.39 is 0 Å². The van der Waals surface area contributed by atoms with Gasteiger partial charge >= 0.3 is 0 Å². The van der Waals surface area contributed by atoms with Crippen molar-refractivity contribution < 1.29 is 4.42 Å². The van der Waals surface area contributed by atoms with Crippen LogP contribution >= 0.6 is 23.1 Å². The first-order valence-electron chi connectivity index (χ1n) is 5.94. The Balaban J connectivity index is 1.96. The molecule has 6 nitrogen and oxygen atoms in total. The van der Waals surface area contributed by atoms with Crippen LogP contribution in [0.4, 0.5) is 5.82 Å². The van der Waals surface area contributed by atoms with Gasteiger partial charge in [0.25, 0.3) is 5.22 Å². The number of thioether (sulfide) groups is 1. The summed E-state index contributed by atoms with van der Waals surface area (Å²) in [5, 5.41) is 1.61.